The van der Waals surface area contributed by atoms with E-state index >= 15 is 0 Å². The predicted molar refractivity (Wildman–Crippen MR) is 93.7 cm³/mol. The molecule has 2 heterocycles. The lowest BCUT2D eigenvalue weighted by molar-refractivity contribution is -0.154. The fraction of sp³-hybridized carbons (Fsp3) is 0.889. The van der Waals surface area contributed by atoms with Crippen LogP contribution in [0.25, 0.3) is 0 Å². The zero-order valence-electron chi connectivity index (χ0n) is 14.6. The van der Waals surface area contributed by atoms with Crippen molar-refractivity contribution >= 4 is 23.6 Å². The molecule has 24 heavy (non-hydrogen) atoms. The van der Waals surface area contributed by atoms with E-state index in [0.29, 0.717) is 30.2 Å². The van der Waals surface area contributed by atoms with Gasteiger partial charge < -0.3 is 9.64 Å². The van der Waals surface area contributed by atoms with Crippen molar-refractivity contribution in [1.82, 2.24) is 9.80 Å². The molecular weight excluding hydrogens is 324 g/mol. The highest BCUT2D eigenvalue weighted by Gasteiger charge is 2.60. The van der Waals surface area contributed by atoms with Crippen molar-refractivity contribution in [2.45, 2.75) is 38.8 Å². The first-order valence-electron chi connectivity index (χ1n) is 9.34. The molecule has 2 aliphatic carbocycles. The maximum Gasteiger partial charge on any atom is 0.320 e. The highest BCUT2D eigenvalue weighted by molar-refractivity contribution is 7.99. The third-order valence-electron chi connectivity index (χ3n) is 6.44. The summed E-state index contributed by atoms with van der Waals surface area (Å²) >= 11 is 1.95. The van der Waals surface area contributed by atoms with Crippen LogP contribution in [0.4, 0.5) is 0 Å². The fourth-order valence-electron chi connectivity index (χ4n) is 5.32. The van der Waals surface area contributed by atoms with Crippen LogP contribution >= 0.6 is 11.8 Å². The fourth-order valence-corrected chi connectivity index (χ4v) is 6.30. The standard InChI is InChI=1S/C18H28N2O3S/c1-11(2)20-9-14-13-7-12(17(14)18(20)22)8-15(13)23-16(21)10-19-3-5-24-6-4-19/h11-15,17H,3-10H2,1-2H3. The maximum atomic E-state index is 12.6. The van der Waals surface area contributed by atoms with E-state index in [1.807, 2.05) is 16.7 Å². The number of likely N-dealkylation sites (tertiary alicyclic amines) is 1. The SMILES string of the molecule is CC(C)N1CC2C3CC(CC3OC(=O)CN3CCSCC3)C2C1=O. The summed E-state index contributed by atoms with van der Waals surface area (Å²) in [6, 6.07) is 0.278. The summed E-state index contributed by atoms with van der Waals surface area (Å²) in [5.74, 6) is 3.93. The second-order valence-electron chi connectivity index (χ2n) is 8.09. The molecular formula is C18H28N2O3S. The van der Waals surface area contributed by atoms with E-state index in [9.17, 15) is 9.59 Å². The first-order valence-corrected chi connectivity index (χ1v) is 10.5. The highest BCUT2D eigenvalue weighted by atomic mass is 32.2. The van der Waals surface area contributed by atoms with Crippen LogP contribution in [0.1, 0.15) is 26.7 Å². The molecule has 2 aliphatic heterocycles. The third-order valence-corrected chi connectivity index (χ3v) is 7.39. The van der Waals surface area contributed by atoms with Crippen molar-refractivity contribution in [2.75, 3.05) is 37.7 Å². The van der Waals surface area contributed by atoms with Gasteiger partial charge in [-0.05, 0) is 38.5 Å². The highest BCUT2D eigenvalue weighted by Crippen LogP contribution is 2.56. The molecule has 4 rings (SSSR count). The van der Waals surface area contributed by atoms with Crippen molar-refractivity contribution in [3.05, 3.63) is 0 Å². The quantitative estimate of drug-likeness (QED) is 0.717. The van der Waals surface area contributed by atoms with Crippen LogP contribution in [0.2, 0.25) is 0 Å². The van der Waals surface area contributed by atoms with E-state index in [1.54, 1.807) is 0 Å². The number of esters is 1. The van der Waals surface area contributed by atoms with Crippen molar-refractivity contribution in [1.29, 1.82) is 0 Å². The van der Waals surface area contributed by atoms with Gasteiger partial charge >= 0.3 is 5.97 Å². The lowest BCUT2D eigenvalue weighted by atomic mass is 9.80. The molecule has 0 spiro atoms. The second-order valence-corrected chi connectivity index (χ2v) is 9.31. The predicted octanol–water partition coefficient (Wildman–Crippen LogP) is 1.47. The molecule has 2 saturated carbocycles. The molecule has 4 aliphatic rings. The summed E-state index contributed by atoms with van der Waals surface area (Å²) in [6.45, 7) is 7.45. The number of carbonyl (C=O) groups is 2. The molecule has 6 heteroatoms. The Kier molecular flexibility index (Phi) is 4.54. The third kappa shape index (κ3) is 2.85. The summed E-state index contributed by atoms with van der Waals surface area (Å²) in [6.07, 6.45) is 2.01. The van der Waals surface area contributed by atoms with Crippen LogP contribution in [0, 0.1) is 23.7 Å². The second kappa shape index (κ2) is 6.52. The Morgan fingerprint density at radius 3 is 2.71 bits per heavy atom. The largest absolute Gasteiger partial charge is 0.461 e. The topological polar surface area (TPSA) is 49.9 Å². The lowest BCUT2D eigenvalue weighted by Crippen LogP contribution is -2.40. The average Bonchev–Trinajstić information content (AvgIpc) is 3.19. The van der Waals surface area contributed by atoms with Gasteiger partial charge in [0.2, 0.25) is 5.91 Å². The molecule has 5 nitrogen and oxygen atoms in total. The number of amides is 1. The zero-order valence-corrected chi connectivity index (χ0v) is 15.5. The molecule has 0 aromatic heterocycles. The Bertz CT molecular complexity index is 520. The smallest absolute Gasteiger partial charge is 0.320 e. The van der Waals surface area contributed by atoms with Crippen molar-refractivity contribution in [2.24, 2.45) is 23.7 Å². The number of rotatable bonds is 4. The van der Waals surface area contributed by atoms with Crippen LogP contribution in [-0.2, 0) is 14.3 Å². The van der Waals surface area contributed by atoms with Gasteiger partial charge in [0.05, 0.1) is 6.54 Å². The van der Waals surface area contributed by atoms with E-state index in [-0.39, 0.29) is 24.0 Å². The Labute approximate surface area is 148 Å². The van der Waals surface area contributed by atoms with Crippen molar-refractivity contribution < 1.29 is 14.3 Å². The molecule has 0 aromatic rings. The zero-order chi connectivity index (χ0) is 16.8. The lowest BCUT2D eigenvalue weighted by Gasteiger charge is -2.31. The Morgan fingerprint density at radius 1 is 1.25 bits per heavy atom. The molecule has 1 amide bonds. The Hall–Kier alpha value is -0.750. The van der Waals surface area contributed by atoms with Gasteiger partial charge in [-0.3, -0.25) is 14.5 Å². The normalized spacial score (nSPS) is 38.9. The minimum absolute atomic E-state index is 0.0443. The van der Waals surface area contributed by atoms with Crippen LogP contribution < -0.4 is 0 Å². The van der Waals surface area contributed by atoms with E-state index in [0.717, 1.165) is 44.0 Å². The van der Waals surface area contributed by atoms with E-state index in [4.69, 9.17) is 4.74 Å². The molecule has 5 atom stereocenters. The number of nitrogens with zero attached hydrogens (tertiary/aromatic N) is 2. The maximum absolute atomic E-state index is 12.6. The molecule has 0 radical (unpaired) electrons. The van der Waals surface area contributed by atoms with Crippen molar-refractivity contribution in [3.63, 3.8) is 0 Å². The van der Waals surface area contributed by atoms with Crippen molar-refractivity contribution in [3.8, 4) is 0 Å². The first kappa shape index (κ1) is 16.7. The number of hydrogen-bond acceptors (Lipinski definition) is 5. The van der Waals surface area contributed by atoms with Gasteiger partial charge in [0.15, 0.2) is 0 Å². The van der Waals surface area contributed by atoms with Crippen LogP contribution in [0.3, 0.4) is 0 Å². The molecule has 4 fully saturated rings. The van der Waals surface area contributed by atoms with E-state index in [1.165, 1.54) is 0 Å². The molecule has 0 N–H and O–H groups in total. The van der Waals surface area contributed by atoms with Gasteiger partial charge in [-0.1, -0.05) is 0 Å². The van der Waals surface area contributed by atoms with E-state index < -0.39 is 0 Å². The number of ether oxygens (including phenoxy) is 1. The van der Waals surface area contributed by atoms with Gasteiger partial charge in [-0.15, -0.1) is 0 Å². The summed E-state index contributed by atoms with van der Waals surface area (Å²) in [7, 11) is 0. The summed E-state index contributed by atoms with van der Waals surface area (Å²) in [5.41, 5.74) is 0. The number of hydrogen-bond donors (Lipinski definition) is 0. The molecule has 5 unspecified atom stereocenters. The molecule has 0 aromatic carbocycles. The van der Waals surface area contributed by atoms with Crippen LogP contribution in [0.5, 0.6) is 0 Å². The Balaban J connectivity index is 1.35. The van der Waals surface area contributed by atoms with Gasteiger partial charge in [-0.2, -0.15) is 11.8 Å². The van der Waals surface area contributed by atoms with Gasteiger partial charge in [0.1, 0.15) is 6.10 Å². The van der Waals surface area contributed by atoms with E-state index in [2.05, 4.69) is 18.7 Å². The van der Waals surface area contributed by atoms with Gasteiger partial charge in [-0.25, -0.2) is 0 Å². The average molecular weight is 353 g/mol. The van der Waals surface area contributed by atoms with Gasteiger partial charge in [0.25, 0.3) is 0 Å². The number of carbonyl (C=O) groups excluding carboxylic acids is 2. The summed E-state index contributed by atoms with van der Waals surface area (Å²) in [4.78, 5) is 29.2. The minimum atomic E-state index is -0.0685. The van der Waals surface area contributed by atoms with Crippen LogP contribution in [-0.4, -0.2) is 71.5 Å². The number of fused-ring (bicyclic) bond motifs is 5. The summed E-state index contributed by atoms with van der Waals surface area (Å²) in [5, 5.41) is 0. The molecule has 2 saturated heterocycles. The summed E-state index contributed by atoms with van der Waals surface area (Å²) < 4.78 is 5.87. The molecule has 134 valence electrons. The minimum Gasteiger partial charge on any atom is -0.461 e. The monoisotopic (exact) mass is 352 g/mol. The first-order chi connectivity index (χ1) is 11.5. The molecule has 2 bridgehead atoms. The number of thioether (sulfide) groups is 1. The van der Waals surface area contributed by atoms with Gasteiger partial charge in [0, 0.05) is 49.0 Å². The van der Waals surface area contributed by atoms with Crippen LogP contribution in [0.15, 0.2) is 0 Å². The Morgan fingerprint density at radius 2 is 2.00 bits per heavy atom.